The highest BCUT2D eigenvalue weighted by Crippen LogP contribution is 2.24. The van der Waals surface area contributed by atoms with E-state index < -0.39 is 24.3 Å². The molecule has 0 saturated heterocycles. The number of carbonyl (C=O) groups excluding carboxylic acids is 2. The maximum atomic E-state index is 13.5. The van der Waals surface area contributed by atoms with Gasteiger partial charge in [0.1, 0.15) is 16.6 Å². The summed E-state index contributed by atoms with van der Waals surface area (Å²) in [5.74, 6) is -0.520. The van der Waals surface area contributed by atoms with Crippen LogP contribution in [0, 0.1) is 19.7 Å². The highest BCUT2D eigenvalue weighted by atomic mass is 32.2. The molecule has 0 bridgehead atoms. The van der Waals surface area contributed by atoms with E-state index >= 15 is 0 Å². The summed E-state index contributed by atoms with van der Waals surface area (Å²) in [7, 11) is 0. The maximum Gasteiger partial charge on any atom is 0.341 e. The lowest BCUT2D eigenvalue weighted by Crippen LogP contribution is -2.21. The number of halogens is 1. The molecule has 7 nitrogen and oxygen atoms in total. The molecule has 0 unspecified atom stereocenters. The van der Waals surface area contributed by atoms with Gasteiger partial charge in [-0.05, 0) is 43.7 Å². The Hall–Kier alpha value is -3.20. The van der Waals surface area contributed by atoms with Crippen LogP contribution >= 0.6 is 11.8 Å². The van der Waals surface area contributed by atoms with Gasteiger partial charge in [-0.2, -0.15) is 0 Å². The summed E-state index contributed by atoms with van der Waals surface area (Å²) >= 11 is 1.30. The highest BCUT2D eigenvalue weighted by Gasteiger charge is 2.16. The number of aryl methyl sites for hydroxylation is 2. The zero-order valence-corrected chi connectivity index (χ0v) is 16.6. The Kier molecular flexibility index (Phi) is 6.61. The number of hydrogen-bond acceptors (Lipinski definition) is 7. The fraction of sp³-hybridized carbons (Fsp3) is 0.200. The van der Waals surface area contributed by atoms with Crippen LogP contribution in [0.25, 0.3) is 0 Å². The number of pyridine rings is 1. The van der Waals surface area contributed by atoms with Crippen molar-refractivity contribution in [2.75, 3.05) is 11.9 Å². The normalized spacial score (nSPS) is 10.6. The van der Waals surface area contributed by atoms with Crippen molar-refractivity contribution in [3.05, 3.63) is 71.0 Å². The van der Waals surface area contributed by atoms with Crippen molar-refractivity contribution >= 4 is 29.3 Å². The van der Waals surface area contributed by atoms with Crippen molar-refractivity contribution in [1.29, 1.82) is 0 Å². The monoisotopic (exact) mass is 415 g/mol. The van der Waals surface area contributed by atoms with E-state index in [4.69, 9.17) is 9.26 Å². The molecule has 0 spiro atoms. The number of hydrogen-bond donors (Lipinski definition) is 1. The highest BCUT2D eigenvalue weighted by molar-refractivity contribution is 7.98. The van der Waals surface area contributed by atoms with Crippen molar-refractivity contribution in [1.82, 2.24) is 10.1 Å². The summed E-state index contributed by atoms with van der Waals surface area (Å²) in [5, 5.41) is 6.84. The first-order valence-electron chi connectivity index (χ1n) is 8.65. The van der Waals surface area contributed by atoms with Gasteiger partial charge in [0.05, 0.1) is 11.3 Å². The molecule has 0 aliphatic heterocycles. The van der Waals surface area contributed by atoms with E-state index in [0.29, 0.717) is 22.1 Å². The van der Waals surface area contributed by atoms with Gasteiger partial charge in [0.15, 0.2) is 6.61 Å². The van der Waals surface area contributed by atoms with Crippen molar-refractivity contribution < 1.29 is 23.2 Å². The molecule has 0 aliphatic rings. The fourth-order valence-electron chi connectivity index (χ4n) is 2.37. The molecule has 1 aromatic carbocycles. The number of benzene rings is 1. The largest absolute Gasteiger partial charge is 0.452 e. The predicted octanol–water partition coefficient (Wildman–Crippen LogP) is 3.91. The Bertz CT molecular complexity index is 1040. The van der Waals surface area contributed by atoms with Crippen LogP contribution in [-0.4, -0.2) is 28.6 Å². The van der Waals surface area contributed by atoms with Gasteiger partial charge in [-0.3, -0.25) is 4.79 Å². The number of nitrogens with zero attached hydrogens (tertiary/aromatic N) is 2. The zero-order valence-electron chi connectivity index (χ0n) is 15.8. The number of carbonyl (C=O) groups is 2. The Morgan fingerprint density at radius 1 is 1.24 bits per heavy atom. The Labute approximate surface area is 170 Å². The first-order valence-corrected chi connectivity index (χ1v) is 9.64. The van der Waals surface area contributed by atoms with Gasteiger partial charge in [-0.15, -0.1) is 0 Å². The van der Waals surface area contributed by atoms with Crippen molar-refractivity contribution in [3.63, 3.8) is 0 Å². The summed E-state index contributed by atoms with van der Waals surface area (Å²) in [4.78, 5) is 28.6. The lowest BCUT2D eigenvalue weighted by molar-refractivity contribution is -0.119. The second-order valence-corrected chi connectivity index (χ2v) is 7.13. The number of esters is 1. The minimum atomic E-state index is -0.679. The Morgan fingerprint density at radius 2 is 2.07 bits per heavy atom. The number of nitrogens with one attached hydrogen (secondary N) is 1. The van der Waals surface area contributed by atoms with E-state index in [1.165, 1.54) is 17.8 Å². The molecule has 3 rings (SSSR count). The van der Waals surface area contributed by atoms with Crippen LogP contribution in [0.5, 0.6) is 0 Å². The van der Waals surface area contributed by atoms with Crippen LogP contribution in [0.1, 0.15) is 27.4 Å². The molecule has 0 fully saturated rings. The van der Waals surface area contributed by atoms with E-state index in [1.807, 2.05) is 0 Å². The number of anilines is 1. The Balaban J connectivity index is 1.57. The average Bonchev–Trinajstić information content (AvgIpc) is 3.13. The topological polar surface area (TPSA) is 94.3 Å². The Morgan fingerprint density at radius 3 is 2.79 bits per heavy atom. The number of ether oxygens (including phenoxy) is 1. The van der Waals surface area contributed by atoms with E-state index in [2.05, 4.69) is 15.5 Å². The number of thioether (sulfide) groups is 1. The molecule has 0 radical (unpaired) electrons. The number of aromatic nitrogens is 2. The molecule has 150 valence electrons. The van der Waals surface area contributed by atoms with E-state index in [0.717, 1.165) is 5.69 Å². The second-order valence-electron chi connectivity index (χ2n) is 6.16. The summed E-state index contributed by atoms with van der Waals surface area (Å²) < 4.78 is 23.6. The van der Waals surface area contributed by atoms with Crippen LogP contribution in [0.15, 0.2) is 52.1 Å². The molecule has 0 aliphatic carbocycles. The fourth-order valence-corrected chi connectivity index (χ4v) is 3.23. The molecule has 1 N–H and O–H groups in total. The SMILES string of the molecule is Cc1cc(CSc2ncccc2C(=O)OCC(=O)Nc2ccc(C)c(F)c2)no1. The molecule has 0 saturated carbocycles. The van der Waals surface area contributed by atoms with Crippen molar-refractivity contribution in [2.45, 2.75) is 24.6 Å². The summed E-state index contributed by atoms with van der Waals surface area (Å²) in [5.41, 5.74) is 1.72. The smallest absolute Gasteiger partial charge is 0.341 e. The minimum Gasteiger partial charge on any atom is -0.452 e. The molecule has 2 aromatic heterocycles. The standard InChI is InChI=1S/C20H18FN3O4S/c1-12-5-6-14(9-17(12)21)23-18(25)10-27-20(26)16-4-3-7-22-19(16)29-11-15-8-13(2)28-24-15/h3-9H,10-11H2,1-2H3,(H,23,25). The summed E-state index contributed by atoms with van der Waals surface area (Å²) in [6.07, 6.45) is 1.56. The molecule has 2 heterocycles. The number of rotatable bonds is 7. The molecule has 9 heteroatoms. The average molecular weight is 415 g/mol. The molecule has 1 amide bonds. The van der Waals surface area contributed by atoms with Crippen LogP contribution in [-0.2, 0) is 15.3 Å². The minimum absolute atomic E-state index is 0.242. The van der Waals surface area contributed by atoms with Crippen LogP contribution in [0.3, 0.4) is 0 Å². The van der Waals surface area contributed by atoms with Gasteiger partial charge in [0.2, 0.25) is 0 Å². The molecular weight excluding hydrogens is 397 g/mol. The third-order valence-corrected chi connectivity index (χ3v) is 4.85. The quantitative estimate of drug-likeness (QED) is 0.462. The second kappa shape index (κ2) is 9.33. The van der Waals surface area contributed by atoms with Gasteiger partial charge in [0, 0.05) is 23.7 Å². The van der Waals surface area contributed by atoms with Crippen LogP contribution in [0.2, 0.25) is 0 Å². The molecule has 29 heavy (non-hydrogen) atoms. The lowest BCUT2D eigenvalue weighted by atomic mass is 10.2. The summed E-state index contributed by atoms with van der Waals surface area (Å²) in [6.45, 7) is 2.91. The van der Waals surface area contributed by atoms with E-state index in [1.54, 1.807) is 50.4 Å². The van der Waals surface area contributed by atoms with Crippen molar-refractivity contribution in [2.24, 2.45) is 0 Å². The maximum absolute atomic E-state index is 13.5. The molecule has 3 aromatic rings. The van der Waals surface area contributed by atoms with E-state index in [9.17, 15) is 14.0 Å². The number of amides is 1. The van der Waals surface area contributed by atoms with E-state index in [-0.39, 0.29) is 11.3 Å². The van der Waals surface area contributed by atoms with Crippen LogP contribution in [0.4, 0.5) is 10.1 Å². The third-order valence-electron chi connectivity index (χ3n) is 3.81. The summed E-state index contributed by atoms with van der Waals surface area (Å²) in [6, 6.07) is 9.30. The van der Waals surface area contributed by atoms with Gasteiger partial charge in [-0.1, -0.05) is 23.0 Å². The molecular formula is C20H18FN3O4S. The van der Waals surface area contributed by atoms with Crippen molar-refractivity contribution in [3.8, 4) is 0 Å². The van der Waals surface area contributed by atoms with Gasteiger partial charge >= 0.3 is 5.97 Å². The van der Waals surface area contributed by atoms with Gasteiger partial charge in [-0.25, -0.2) is 14.2 Å². The first-order chi connectivity index (χ1) is 13.9. The first kappa shape index (κ1) is 20.5. The molecule has 0 atom stereocenters. The third kappa shape index (κ3) is 5.64. The lowest BCUT2D eigenvalue weighted by Gasteiger charge is -2.09. The predicted molar refractivity (Wildman–Crippen MR) is 105 cm³/mol. The van der Waals surface area contributed by atoms with Gasteiger partial charge < -0.3 is 14.6 Å². The zero-order chi connectivity index (χ0) is 20.8. The van der Waals surface area contributed by atoms with Crippen LogP contribution < -0.4 is 5.32 Å². The van der Waals surface area contributed by atoms with Gasteiger partial charge in [0.25, 0.3) is 5.91 Å².